The van der Waals surface area contributed by atoms with Crippen LogP contribution >= 0.6 is 0 Å². The van der Waals surface area contributed by atoms with E-state index >= 15 is 0 Å². The van der Waals surface area contributed by atoms with Gasteiger partial charge in [0.1, 0.15) is 0 Å². The van der Waals surface area contributed by atoms with Gasteiger partial charge >= 0.3 is 0 Å². The molecule has 1 aromatic carbocycles. The van der Waals surface area contributed by atoms with E-state index in [0.717, 1.165) is 13.0 Å². The van der Waals surface area contributed by atoms with Crippen LogP contribution in [0.2, 0.25) is 0 Å². The third kappa shape index (κ3) is 27.4. The zero-order chi connectivity index (χ0) is 18.1. The summed E-state index contributed by atoms with van der Waals surface area (Å²) in [5.74, 6) is 0. The highest BCUT2D eigenvalue weighted by Gasteiger charge is 1.90. The maximum Gasteiger partial charge on any atom is 0.0873 e. The number of benzene rings is 1. The van der Waals surface area contributed by atoms with Gasteiger partial charge in [0.15, 0.2) is 0 Å². The Morgan fingerprint density at radius 2 is 1.42 bits per heavy atom. The summed E-state index contributed by atoms with van der Waals surface area (Å²) < 4.78 is 39.6. The van der Waals surface area contributed by atoms with Crippen LogP contribution in [0, 0.1) is 0 Å². The molecule has 0 fully saturated rings. The minimum Gasteiger partial charge on any atom is -0.759 e. The number of hydrogen-bond acceptors (Lipinski definition) is 5. The molecule has 1 aromatic rings. The van der Waals surface area contributed by atoms with Gasteiger partial charge in [-0.15, -0.1) is 0 Å². The zero-order valence-corrected chi connectivity index (χ0v) is 17.2. The summed E-state index contributed by atoms with van der Waals surface area (Å²) in [4.78, 5) is 0. The number of rotatable bonds is 11. The number of allylic oxidation sites excluding steroid dienone is 1. The third-order valence-corrected chi connectivity index (χ3v) is 3.25. The molecule has 154 valence electrons. The van der Waals surface area contributed by atoms with Crippen LogP contribution in [-0.4, -0.2) is 24.1 Å². The molecule has 0 unspecified atom stereocenters. The van der Waals surface area contributed by atoms with E-state index in [1.165, 1.54) is 50.5 Å². The first-order chi connectivity index (χ1) is 11.4. The minimum absolute atomic E-state index is 0. The second-order valence-electron chi connectivity index (χ2n) is 5.46. The first kappa shape index (κ1) is 29.3. The van der Waals surface area contributed by atoms with Gasteiger partial charge in [0.25, 0.3) is 0 Å². The van der Waals surface area contributed by atoms with Crippen molar-refractivity contribution < 1.29 is 22.3 Å². The second kappa shape index (κ2) is 19.9. The van der Waals surface area contributed by atoms with E-state index < -0.39 is 10.4 Å². The maximum atomic E-state index is 8.52. The van der Waals surface area contributed by atoms with Crippen LogP contribution in [-0.2, 0) is 21.6 Å². The molecule has 0 aliphatic carbocycles. The molecule has 0 heterocycles. The molecular formula is C18H36N2O5S. The Morgan fingerprint density at radius 1 is 0.923 bits per heavy atom. The van der Waals surface area contributed by atoms with Crippen LogP contribution in [0.4, 0.5) is 0 Å². The Kier molecular flexibility index (Phi) is 22.4. The van der Waals surface area contributed by atoms with Crippen LogP contribution in [0.25, 0.3) is 0 Å². The van der Waals surface area contributed by atoms with E-state index in [9.17, 15) is 0 Å². The lowest BCUT2D eigenvalue weighted by molar-refractivity contribution is 0.239. The van der Waals surface area contributed by atoms with E-state index in [1.54, 1.807) is 0 Å². The zero-order valence-electron chi connectivity index (χ0n) is 16.4. The Balaban J connectivity index is -0.000000668. The van der Waals surface area contributed by atoms with Crippen LogP contribution in [0.3, 0.4) is 0 Å². The van der Waals surface area contributed by atoms with Gasteiger partial charge in [-0.25, -0.2) is 0 Å². The Morgan fingerprint density at radius 3 is 1.96 bits per heavy atom. The van der Waals surface area contributed by atoms with Crippen molar-refractivity contribution in [3.63, 3.8) is 0 Å². The van der Waals surface area contributed by atoms with Gasteiger partial charge in [-0.2, -0.15) is 0 Å². The molecule has 0 saturated heterocycles. The highest BCUT2D eigenvalue weighted by molar-refractivity contribution is 7.79. The molecule has 0 aromatic heterocycles. The van der Waals surface area contributed by atoms with Gasteiger partial charge in [0.05, 0.1) is 12.9 Å². The first-order valence-electron chi connectivity index (χ1n) is 8.40. The number of hydrogen-bond donors (Lipinski definition) is 2. The van der Waals surface area contributed by atoms with Gasteiger partial charge in [-0.05, 0) is 24.5 Å². The van der Waals surface area contributed by atoms with E-state index in [-0.39, 0.29) is 12.3 Å². The van der Waals surface area contributed by atoms with E-state index in [0.29, 0.717) is 0 Å². The number of ether oxygens (including phenoxy) is 1. The van der Waals surface area contributed by atoms with Crippen molar-refractivity contribution in [1.82, 2.24) is 12.3 Å². The molecule has 7 nitrogen and oxygen atoms in total. The maximum absolute atomic E-state index is 8.52. The summed E-state index contributed by atoms with van der Waals surface area (Å²) >= 11 is 0. The summed E-state index contributed by atoms with van der Waals surface area (Å²) in [6.45, 7) is 3.12. The minimum atomic E-state index is -5.17. The highest BCUT2D eigenvalue weighted by atomic mass is 32.3. The normalized spacial score (nSPS) is 10.3. The van der Waals surface area contributed by atoms with Crippen molar-refractivity contribution in [3.8, 4) is 0 Å². The monoisotopic (exact) mass is 392 g/mol. The molecule has 26 heavy (non-hydrogen) atoms. The average molecular weight is 393 g/mol. The smallest absolute Gasteiger partial charge is 0.0873 e. The number of unbranched alkanes of at least 4 members (excludes halogenated alkanes) is 6. The lowest BCUT2D eigenvalue weighted by Crippen LogP contribution is -1.91. The van der Waals surface area contributed by atoms with E-state index in [4.69, 9.17) is 22.3 Å². The fourth-order valence-electron chi connectivity index (χ4n) is 2.08. The predicted octanol–water partition coefficient (Wildman–Crippen LogP) is 4.92. The standard InChI is InChI=1S/C18H28O.2H3N.H2O4S/c1-2-3-4-5-6-7-11-16-19-17-12-15-18-13-9-8-10-14-18;;;1-5(2,3)4/h8-10,12-14,17H,2-7,11,15-16H2,1H3;2*1H3;(H2,1,2,3,4). The molecule has 0 aliphatic heterocycles. The lowest BCUT2D eigenvalue weighted by atomic mass is 10.1. The van der Waals surface area contributed by atoms with E-state index in [1.807, 2.05) is 12.3 Å². The van der Waals surface area contributed by atoms with Gasteiger partial charge in [-0.1, -0.05) is 75.8 Å². The topological polar surface area (TPSA) is 162 Å². The largest absolute Gasteiger partial charge is 0.759 e. The molecule has 1 rings (SSSR count). The lowest BCUT2D eigenvalue weighted by Gasteiger charge is -2.06. The van der Waals surface area contributed by atoms with Gasteiger partial charge in [0.2, 0.25) is 0 Å². The number of quaternary nitrogens is 2. The summed E-state index contributed by atoms with van der Waals surface area (Å²) in [7, 11) is -5.17. The molecule has 0 spiro atoms. The third-order valence-electron chi connectivity index (χ3n) is 3.25. The highest BCUT2D eigenvalue weighted by Crippen LogP contribution is 2.07. The Hall–Kier alpha value is -1.45. The second-order valence-corrected chi connectivity index (χ2v) is 6.28. The van der Waals surface area contributed by atoms with Gasteiger partial charge in [-0.3, -0.25) is 8.42 Å². The molecule has 0 amide bonds. The fourth-order valence-corrected chi connectivity index (χ4v) is 2.08. The summed E-state index contributed by atoms with van der Waals surface area (Å²) in [6.07, 6.45) is 14.2. The Bertz CT molecular complexity index is 514. The van der Waals surface area contributed by atoms with Crippen molar-refractivity contribution >= 4 is 10.4 Å². The molecule has 0 radical (unpaired) electrons. The van der Waals surface area contributed by atoms with Crippen LogP contribution < -0.4 is 12.3 Å². The van der Waals surface area contributed by atoms with Crippen molar-refractivity contribution in [2.24, 2.45) is 0 Å². The van der Waals surface area contributed by atoms with Crippen molar-refractivity contribution in [2.75, 3.05) is 6.61 Å². The average Bonchev–Trinajstić information content (AvgIpc) is 2.52. The Labute approximate surface area is 158 Å². The van der Waals surface area contributed by atoms with E-state index in [2.05, 4.69) is 37.3 Å². The molecule has 0 bridgehead atoms. The van der Waals surface area contributed by atoms with Crippen LogP contribution in [0.5, 0.6) is 0 Å². The SMILES string of the molecule is CCCCCCCCCOC=CCc1ccccc1.O=S(=O)([O-])[O-].[NH4+].[NH4+]. The van der Waals surface area contributed by atoms with Crippen LogP contribution in [0.1, 0.15) is 57.4 Å². The van der Waals surface area contributed by atoms with Gasteiger partial charge < -0.3 is 26.1 Å². The van der Waals surface area contributed by atoms with Crippen molar-refractivity contribution in [2.45, 2.75) is 58.3 Å². The fraction of sp³-hybridized carbons (Fsp3) is 0.556. The molecule has 8 heteroatoms. The van der Waals surface area contributed by atoms with Crippen LogP contribution in [0.15, 0.2) is 42.7 Å². The van der Waals surface area contributed by atoms with Crippen molar-refractivity contribution in [3.05, 3.63) is 48.2 Å². The quantitative estimate of drug-likeness (QED) is 0.236. The molecule has 0 atom stereocenters. The predicted molar refractivity (Wildman–Crippen MR) is 106 cm³/mol. The molecular weight excluding hydrogens is 356 g/mol. The first-order valence-corrected chi connectivity index (χ1v) is 9.74. The summed E-state index contributed by atoms with van der Waals surface area (Å²) in [5, 5.41) is 0. The molecule has 0 aliphatic rings. The summed E-state index contributed by atoms with van der Waals surface area (Å²) in [5.41, 5.74) is 1.33. The summed E-state index contributed by atoms with van der Waals surface area (Å²) in [6, 6.07) is 10.5. The molecule has 0 saturated carbocycles. The van der Waals surface area contributed by atoms with Crippen molar-refractivity contribution in [1.29, 1.82) is 0 Å². The van der Waals surface area contributed by atoms with Gasteiger partial charge in [0, 0.05) is 10.4 Å². The molecule has 8 N–H and O–H groups in total.